The number of hydrogen-bond donors (Lipinski definition) is 2. The molecule has 0 unspecified atom stereocenters. The number of nitrogens with one attached hydrogen (secondary N) is 2. The number of hydrogen-bond acceptors (Lipinski definition) is 10. The first-order chi connectivity index (χ1) is 18.8. The van der Waals surface area contributed by atoms with E-state index in [0.717, 1.165) is 23.3 Å². The van der Waals surface area contributed by atoms with Crippen molar-refractivity contribution in [1.29, 1.82) is 0 Å². The molecule has 2 N–H and O–H groups in total. The minimum absolute atomic E-state index is 0.0865. The van der Waals surface area contributed by atoms with Crippen molar-refractivity contribution >= 4 is 52.0 Å². The van der Waals surface area contributed by atoms with E-state index in [2.05, 4.69) is 15.8 Å². The highest BCUT2D eigenvalue weighted by Gasteiger charge is 2.29. The minimum atomic E-state index is -1.06. The number of fused-ring (bicyclic) bond motifs is 1. The number of benzene rings is 2. The van der Waals surface area contributed by atoms with E-state index in [9.17, 15) is 29.3 Å². The van der Waals surface area contributed by atoms with E-state index in [1.165, 1.54) is 53.9 Å². The lowest BCUT2D eigenvalue weighted by Crippen LogP contribution is -2.32. The van der Waals surface area contributed by atoms with Gasteiger partial charge in [-0.3, -0.25) is 19.7 Å². The van der Waals surface area contributed by atoms with E-state index in [0.29, 0.717) is 12.0 Å². The number of ether oxygens (including phenoxy) is 2. The van der Waals surface area contributed by atoms with Crippen molar-refractivity contribution in [3.05, 3.63) is 85.8 Å². The fourth-order valence-electron chi connectivity index (χ4n) is 3.91. The van der Waals surface area contributed by atoms with Crippen LogP contribution in [0.15, 0.2) is 53.6 Å². The van der Waals surface area contributed by atoms with Gasteiger partial charge in [-0.2, -0.15) is 5.10 Å². The summed E-state index contributed by atoms with van der Waals surface area (Å²) in [7, 11) is 0. The Kier molecular flexibility index (Phi) is 8.41. The summed E-state index contributed by atoms with van der Waals surface area (Å²) in [6.45, 7) is 1.86. The van der Waals surface area contributed by atoms with Crippen LogP contribution in [0.5, 0.6) is 5.75 Å². The van der Waals surface area contributed by atoms with Gasteiger partial charge < -0.3 is 14.8 Å². The molecular weight excluding hydrogens is 528 g/mol. The Balaban J connectivity index is 1.38. The number of anilines is 1. The summed E-state index contributed by atoms with van der Waals surface area (Å²) in [5.74, 6) is -3.45. The monoisotopic (exact) mass is 550 g/mol. The maximum atomic E-state index is 12.5. The van der Waals surface area contributed by atoms with Crippen molar-refractivity contribution in [2.45, 2.75) is 26.2 Å². The van der Waals surface area contributed by atoms with Gasteiger partial charge in [0.2, 0.25) is 0 Å². The summed E-state index contributed by atoms with van der Waals surface area (Å²) >= 11 is 1.25. The second-order valence-electron chi connectivity index (χ2n) is 8.17. The fourth-order valence-corrected chi connectivity index (χ4v) is 5.19. The highest BCUT2D eigenvalue weighted by atomic mass is 32.1. The second kappa shape index (κ2) is 12.1. The Morgan fingerprint density at radius 2 is 1.87 bits per heavy atom. The molecule has 200 valence electrons. The first-order valence-electron chi connectivity index (χ1n) is 11.8. The predicted octanol–water partition coefficient (Wildman–Crippen LogP) is 3.63. The van der Waals surface area contributed by atoms with E-state index in [4.69, 9.17) is 9.47 Å². The smallest absolute Gasteiger partial charge is 0.350 e. The highest BCUT2D eigenvalue weighted by molar-refractivity contribution is 7.17. The van der Waals surface area contributed by atoms with E-state index < -0.39 is 28.7 Å². The molecule has 39 heavy (non-hydrogen) atoms. The van der Waals surface area contributed by atoms with Crippen molar-refractivity contribution in [2.24, 2.45) is 5.10 Å². The molecule has 0 atom stereocenters. The molecule has 0 saturated heterocycles. The van der Waals surface area contributed by atoms with Gasteiger partial charge in [0.25, 0.3) is 5.69 Å². The van der Waals surface area contributed by atoms with E-state index >= 15 is 0 Å². The van der Waals surface area contributed by atoms with E-state index in [-0.39, 0.29) is 34.2 Å². The van der Waals surface area contributed by atoms with Crippen LogP contribution in [0.25, 0.3) is 0 Å². The van der Waals surface area contributed by atoms with Gasteiger partial charge in [0.15, 0.2) is 0 Å². The number of nitrogens with zero attached hydrogens (tertiary/aromatic N) is 2. The van der Waals surface area contributed by atoms with E-state index in [1.54, 1.807) is 19.1 Å². The number of para-hydroxylation sites is 1. The average molecular weight is 551 g/mol. The summed E-state index contributed by atoms with van der Waals surface area (Å²) in [5.41, 5.74) is 3.04. The first kappa shape index (κ1) is 27.1. The molecule has 1 aliphatic rings. The number of nitro benzene ring substituents is 1. The SMILES string of the molecule is CCOC(=O)c1c(NC(=O)C(=O)N/N=C/c2cccc(OC(=O)c3ccccc3[N+](=O)[O-])c2)sc2c1CCC2. The van der Waals surface area contributed by atoms with Crippen molar-refractivity contribution in [3.63, 3.8) is 0 Å². The van der Waals surface area contributed by atoms with Gasteiger partial charge in [-0.25, -0.2) is 15.0 Å². The maximum Gasteiger partial charge on any atom is 0.350 e. The van der Waals surface area contributed by atoms with Crippen LogP contribution in [0, 0.1) is 10.1 Å². The molecule has 4 rings (SSSR count). The molecule has 1 heterocycles. The largest absolute Gasteiger partial charge is 0.462 e. The number of carbonyl (C=O) groups excluding carboxylic acids is 4. The molecule has 13 heteroatoms. The lowest BCUT2D eigenvalue weighted by molar-refractivity contribution is -0.385. The molecule has 1 aromatic heterocycles. The Bertz CT molecular complexity index is 1500. The van der Waals surface area contributed by atoms with Crippen LogP contribution in [0.2, 0.25) is 0 Å². The quantitative estimate of drug-likeness (QED) is 0.107. The van der Waals surface area contributed by atoms with Crippen LogP contribution in [0.3, 0.4) is 0 Å². The minimum Gasteiger partial charge on any atom is -0.462 e. The number of thiophene rings is 1. The molecule has 0 saturated carbocycles. The fraction of sp³-hybridized carbons (Fsp3) is 0.192. The topological polar surface area (TPSA) is 166 Å². The van der Waals surface area contributed by atoms with Crippen LogP contribution in [0.1, 0.15) is 50.1 Å². The number of esters is 2. The Morgan fingerprint density at radius 1 is 1.08 bits per heavy atom. The standard InChI is InChI=1S/C26H22N4O8S/c1-2-37-26(34)21-18-10-6-12-20(18)39-24(21)28-22(31)23(32)29-27-14-15-7-5-8-16(13-15)38-25(33)17-9-3-4-11-19(17)30(35)36/h3-5,7-9,11,13-14H,2,6,10,12H2,1H3,(H,28,31)(H,29,32)/b27-14+. The van der Waals surface area contributed by atoms with Crippen molar-refractivity contribution < 1.29 is 33.6 Å². The molecule has 2 aromatic carbocycles. The van der Waals surface area contributed by atoms with Crippen molar-refractivity contribution in [1.82, 2.24) is 5.43 Å². The molecule has 1 aliphatic carbocycles. The van der Waals surface area contributed by atoms with Gasteiger partial charge in [0.05, 0.1) is 23.3 Å². The van der Waals surface area contributed by atoms with Crippen LogP contribution in [-0.2, 0) is 27.2 Å². The normalized spacial score (nSPS) is 12.0. The maximum absolute atomic E-state index is 12.5. The van der Waals surface area contributed by atoms with Gasteiger partial charge >= 0.3 is 23.8 Å². The lowest BCUT2D eigenvalue weighted by Gasteiger charge is -2.07. The Labute approximate surface area is 225 Å². The molecule has 0 radical (unpaired) electrons. The zero-order valence-corrected chi connectivity index (χ0v) is 21.4. The van der Waals surface area contributed by atoms with Crippen LogP contribution in [0.4, 0.5) is 10.7 Å². The molecule has 0 aliphatic heterocycles. The lowest BCUT2D eigenvalue weighted by atomic mass is 10.1. The summed E-state index contributed by atoms with van der Waals surface area (Å²) in [4.78, 5) is 61.1. The van der Waals surface area contributed by atoms with Gasteiger partial charge in [0, 0.05) is 10.9 Å². The van der Waals surface area contributed by atoms with Crippen molar-refractivity contribution in [3.8, 4) is 5.75 Å². The third-order valence-electron chi connectivity index (χ3n) is 5.60. The third kappa shape index (κ3) is 6.33. The molecule has 2 amide bonds. The molecular formula is C26H22N4O8S. The third-order valence-corrected chi connectivity index (χ3v) is 6.81. The number of rotatable bonds is 8. The summed E-state index contributed by atoms with van der Waals surface area (Å²) in [6, 6.07) is 11.4. The summed E-state index contributed by atoms with van der Waals surface area (Å²) < 4.78 is 10.4. The molecule has 0 bridgehead atoms. The molecule has 0 spiro atoms. The van der Waals surface area contributed by atoms with Gasteiger partial charge in [0.1, 0.15) is 16.3 Å². The number of amides is 2. The first-order valence-corrected chi connectivity index (χ1v) is 12.6. The zero-order chi connectivity index (χ0) is 27.9. The van der Waals surface area contributed by atoms with Gasteiger partial charge in [-0.05, 0) is 55.5 Å². The van der Waals surface area contributed by atoms with Crippen molar-refractivity contribution in [2.75, 3.05) is 11.9 Å². The molecule has 3 aromatic rings. The molecule has 12 nitrogen and oxygen atoms in total. The van der Waals surface area contributed by atoms with Crippen LogP contribution in [-0.4, -0.2) is 41.5 Å². The number of aryl methyl sites for hydroxylation is 1. The second-order valence-corrected chi connectivity index (χ2v) is 9.28. The van der Waals surface area contributed by atoms with Crippen LogP contribution < -0.4 is 15.5 Å². The summed E-state index contributed by atoms with van der Waals surface area (Å²) in [6.07, 6.45) is 3.61. The Hall–Kier alpha value is -4.91. The average Bonchev–Trinajstić information content (AvgIpc) is 3.49. The number of carbonyl (C=O) groups is 4. The van der Waals surface area contributed by atoms with Gasteiger partial charge in [-0.15, -0.1) is 11.3 Å². The predicted molar refractivity (Wildman–Crippen MR) is 141 cm³/mol. The van der Waals surface area contributed by atoms with Crippen LogP contribution >= 0.6 is 11.3 Å². The number of nitro groups is 1. The van der Waals surface area contributed by atoms with Gasteiger partial charge in [-0.1, -0.05) is 24.3 Å². The van der Waals surface area contributed by atoms with E-state index in [1.807, 2.05) is 0 Å². The molecule has 0 fully saturated rings. The summed E-state index contributed by atoms with van der Waals surface area (Å²) in [5, 5.41) is 17.6. The Morgan fingerprint density at radius 3 is 2.64 bits per heavy atom. The highest BCUT2D eigenvalue weighted by Crippen LogP contribution is 2.39. The zero-order valence-electron chi connectivity index (χ0n) is 20.6. The number of hydrazone groups is 1.